The number of carbonyl (C=O) groups is 1. The third-order valence-electron chi connectivity index (χ3n) is 6.07. The highest BCUT2D eigenvalue weighted by Crippen LogP contribution is 2.38. The van der Waals surface area contributed by atoms with Gasteiger partial charge in [-0.15, -0.1) is 0 Å². The molecule has 0 saturated carbocycles. The molecule has 0 spiro atoms. The molecule has 9 nitrogen and oxygen atoms in total. The minimum Gasteiger partial charge on any atom is -0.493 e. The Morgan fingerprint density at radius 3 is 2.00 bits per heavy atom. The van der Waals surface area contributed by atoms with Gasteiger partial charge in [0.15, 0.2) is 11.5 Å². The molecular formula is C25H33N3O6. The SMILES string of the molecule is COc1cc(CC(=O)Nc2ccc(N3CCOCC3)cc2N2CCOCC2)cc(OC)c1OC. The molecule has 0 radical (unpaired) electrons. The molecule has 1 N–H and O–H groups in total. The summed E-state index contributed by atoms with van der Waals surface area (Å²) >= 11 is 0. The number of rotatable bonds is 8. The Balaban J connectivity index is 1.55. The summed E-state index contributed by atoms with van der Waals surface area (Å²) in [5.74, 6) is 1.42. The van der Waals surface area contributed by atoms with Crippen LogP contribution in [0.5, 0.6) is 17.2 Å². The molecule has 0 unspecified atom stereocenters. The highest BCUT2D eigenvalue weighted by Gasteiger charge is 2.20. The number of carbonyl (C=O) groups excluding carboxylic acids is 1. The number of methoxy groups -OCH3 is 3. The van der Waals surface area contributed by atoms with Crippen LogP contribution >= 0.6 is 0 Å². The molecule has 2 saturated heterocycles. The van der Waals surface area contributed by atoms with Gasteiger partial charge in [-0.05, 0) is 35.9 Å². The number of hydrogen-bond acceptors (Lipinski definition) is 8. The van der Waals surface area contributed by atoms with Crippen molar-refractivity contribution in [1.82, 2.24) is 0 Å². The van der Waals surface area contributed by atoms with Crippen molar-refractivity contribution in [2.24, 2.45) is 0 Å². The van der Waals surface area contributed by atoms with Crippen molar-refractivity contribution in [2.75, 3.05) is 89.1 Å². The summed E-state index contributed by atoms with van der Waals surface area (Å²) in [5, 5.41) is 3.11. The Morgan fingerprint density at radius 2 is 1.44 bits per heavy atom. The van der Waals surface area contributed by atoms with Gasteiger partial charge in [-0.25, -0.2) is 0 Å². The number of ether oxygens (including phenoxy) is 5. The van der Waals surface area contributed by atoms with E-state index in [-0.39, 0.29) is 12.3 Å². The van der Waals surface area contributed by atoms with Crippen molar-refractivity contribution in [3.8, 4) is 17.2 Å². The molecule has 0 atom stereocenters. The van der Waals surface area contributed by atoms with Crippen molar-refractivity contribution in [3.63, 3.8) is 0 Å². The number of morpholine rings is 2. The first-order chi connectivity index (χ1) is 16.6. The Bertz CT molecular complexity index is 962. The molecule has 0 aliphatic carbocycles. The molecule has 2 aromatic carbocycles. The Labute approximate surface area is 200 Å². The molecular weight excluding hydrogens is 438 g/mol. The number of nitrogens with zero attached hydrogens (tertiary/aromatic N) is 2. The smallest absolute Gasteiger partial charge is 0.228 e. The first kappa shape index (κ1) is 24.0. The molecule has 184 valence electrons. The molecule has 1 amide bonds. The summed E-state index contributed by atoms with van der Waals surface area (Å²) < 4.78 is 27.3. The van der Waals surface area contributed by atoms with Gasteiger partial charge in [0.25, 0.3) is 0 Å². The van der Waals surface area contributed by atoms with Crippen molar-refractivity contribution in [2.45, 2.75) is 6.42 Å². The third kappa shape index (κ3) is 5.48. The third-order valence-corrected chi connectivity index (χ3v) is 6.07. The van der Waals surface area contributed by atoms with E-state index in [4.69, 9.17) is 23.7 Å². The Hall–Kier alpha value is -3.17. The second kappa shape index (κ2) is 11.3. The zero-order chi connectivity index (χ0) is 23.9. The van der Waals surface area contributed by atoms with Crippen molar-refractivity contribution < 1.29 is 28.5 Å². The van der Waals surface area contributed by atoms with Gasteiger partial charge < -0.3 is 38.8 Å². The van der Waals surface area contributed by atoms with Gasteiger partial charge in [-0.1, -0.05) is 0 Å². The van der Waals surface area contributed by atoms with Crippen LogP contribution < -0.4 is 29.3 Å². The van der Waals surface area contributed by atoms with Crippen LogP contribution in [-0.4, -0.2) is 79.8 Å². The second-order valence-corrected chi connectivity index (χ2v) is 8.16. The van der Waals surface area contributed by atoms with Crippen molar-refractivity contribution >= 4 is 23.0 Å². The average Bonchev–Trinajstić information content (AvgIpc) is 2.89. The van der Waals surface area contributed by atoms with Gasteiger partial charge in [-0.3, -0.25) is 4.79 Å². The van der Waals surface area contributed by atoms with Crippen LogP contribution in [-0.2, 0) is 20.7 Å². The summed E-state index contributed by atoms with van der Waals surface area (Å²) in [6.45, 7) is 6.05. The van der Waals surface area contributed by atoms with E-state index in [0.717, 1.165) is 62.0 Å². The molecule has 0 bridgehead atoms. The number of amides is 1. The lowest BCUT2D eigenvalue weighted by atomic mass is 10.1. The van der Waals surface area contributed by atoms with Gasteiger partial charge in [0, 0.05) is 31.9 Å². The lowest BCUT2D eigenvalue weighted by Gasteiger charge is -2.33. The van der Waals surface area contributed by atoms with E-state index in [2.05, 4.69) is 27.2 Å². The number of hydrogen-bond donors (Lipinski definition) is 1. The van der Waals surface area contributed by atoms with Crippen LogP contribution in [0.2, 0.25) is 0 Å². The maximum absolute atomic E-state index is 13.1. The van der Waals surface area contributed by atoms with Gasteiger partial charge in [0.2, 0.25) is 11.7 Å². The van der Waals surface area contributed by atoms with E-state index in [1.165, 1.54) is 0 Å². The zero-order valence-electron chi connectivity index (χ0n) is 20.1. The maximum Gasteiger partial charge on any atom is 0.228 e. The first-order valence-electron chi connectivity index (χ1n) is 11.5. The lowest BCUT2D eigenvalue weighted by Crippen LogP contribution is -2.38. The van der Waals surface area contributed by atoms with Crippen LogP contribution in [0.25, 0.3) is 0 Å². The summed E-state index contributed by atoms with van der Waals surface area (Å²) in [5.41, 5.74) is 3.69. The highest BCUT2D eigenvalue weighted by atomic mass is 16.5. The van der Waals surface area contributed by atoms with Crippen molar-refractivity contribution in [3.05, 3.63) is 35.9 Å². The molecule has 9 heteroatoms. The predicted octanol–water partition coefficient (Wildman–Crippen LogP) is 2.57. The second-order valence-electron chi connectivity index (χ2n) is 8.16. The van der Waals surface area contributed by atoms with Gasteiger partial charge >= 0.3 is 0 Å². The largest absolute Gasteiger partial charge is 0.493 e. The van der Waals surface area contributed by atoms with Crippen LogP contribution in [0, 0.1) is 0 Å². The van der Waals surface area contributed by atoms with E-state index in [1.807, 2.05) is 6.07 Å². The minimum atomic E-state index is -0.122. The Kier molecular flexibility index (Phi) is 7.97. The molecule has 2 heterocycles. The standard InChI is InChI=1S/C25H33N3O6/c1-30-22-14-18(15-23(31-2)25(22)32-3)16-24(29)26-20-5-4-19(27-6-10-33-11-7-27)17-21(20)28-8-12-34-13-9-28/h4-5,14-15,17H,6-13,16H2,1-3H3,(H,26,29). The van der Waals surface area contributed by atoms with E-state index in [0.29, 0.717) is 30.5 Å². The monoisotopic (exact) mass is 471 g/mol. The molecule has 0 aromatic heterocycles. The number of benzene rings is 2. The van der Waals surface area contributed by atoms with Crippen LogP contribution in [0.1, 0.15) is 5.56 Å². The van der Waals surface area contributed by atoms with Crippen LogP contribution in [0.3, 0.4) is 0 Å². The molecule has 4 rings (SSSR count). The maximum atomic E-state index is 13.1. The van der Waals surface area contributed by atoms with Gasteiger partial charge in [0.05, 0.1) is 65.6 Å². The summed E-state index contributed by atoms with van der Waals surface area (Å²) in [6, 6.07) is 9.80. The fourth-order valence-corrected chi connectivity index (χ4v) is 4.33. The average molecular weight is 472 g/mol. The van der Waals surface area contributed by atoms with Crippen LogP contribution in [0.4, 0.5) is 17.1 Å². The predicted molar refractivity (Wildman–Crippen MR) is 131 cm³/mol. The van der Waals surface area contributed by atoms with Crippen LogP contribution in [0.15, 0.2) is 30.3 Å². The zero-order valence-corrected chi connectivity index (χ0v) is 20.1. The van der Waals surface area contributed by atoms with E-state index in [1.54, 1.807) is 33.5 Å². The molecule has 2 aromatic rings. The summed E-state index contributed by atoms with van der Waals surface area (Å²) in [6.07, 6.45) is 0.171. The van der Waals surface area contributed by atoms with E-state index < -0.39 is 0 Å². The summed E-state index contributed by atoms with van der Waals surface area (Å²) in [4.78, 5) is 17.6. The fraction of sp³-hybridized carbons (Fsp3) is 0.480. The topological polar surface area (TPSA) is 81.7 Å². The van der Waals surface area contributed by atoms with Gasteiger partial charge in [0.1, 0.15) is 0 Å². The van der Waals surface area contributed by atoms with E-state index >= 15 is 0 Å². The molecule has 2 fully saturated rings. The van der Waals surface area contributed by atoms with Gasteiger partial charge in [-0.2, -0.15) is 0 Å². The fourth-order valence-electron chi connectivity index (χ4n) is 4.33. The highest BCUT2D eigenvalue weighted by molar-refractivity contribution is 5.96. The Morgan fingerprint density at radius 1 is 0.853 bits per heavy atom. The van der Waals surface area contributed by atoms with Crippen molar-refractivity contribution in [1.29, 1.82) is 0 Å². The molecule has 2 aliphatic heterocycles. The quantitative estimate of drug-likeness (QED) is 0.629. The number of nitrogens with one attached hydrogen (secondary N) is 1. The minimum absolute atomic E-state index is 0.122. The summed E-state index contributed by atoms with van der Waals surface area (Å²) in [7, 11) is 4.68. The molecule has 2 aliphatic rings. The normalized spacial score (nSPS) is 16.2. The lowest BCUT2D eigenvalue weighted by molar-refractivity contribution is -0.115. The molecule has 34 heavy (non-hydrogen) atoms. The van der Waals surface area contributed by atoms with E-state index in [9.17, 15) is 4.79 Å². The first-order valence-corrected chi connectivity index (χ1v) is 11.5. The number of anilines is 3.